The predicted octanol–water partition coefficient (Wildman–Crippen LogP) is 4.75. The monoisotopic (exact) mass is 486 g/mol. The molecular weight excluding hydrogens is 465 g/mol. The van der Waals surface area contributed by atoms with Gasteiger partial charge in [0.25, 0.3) is 0 Å². The maximum Gasteiger partial charge on any atom is 0.201 e. The highest BCUT2D eigenvalue weighted by Gasteiger charge is 2.24. The van der Waals surface area contributed by atoms with E-state index in [9.17, 15) is 8.78 Å². The van der Waals surface area contributed by atoms with Gasteiger partial charge in [0.2, 0.25) is 5.88 Å². The van der Waals surface area contributed by atoms with E-state index in [4.69, 9.17) is 18.9 Å². The normalized spacial score (nSPS) is 12.5. The highest BCUT2D eigenvalue weighted by molar-refractivity contribution is 5.83. The molecule has 4 aromatic rings. The van der Waals surface area contributed by atoms with E-state index < -0.39 is 19.2 Å². The largest absolute Gasteiger partial charge is 0.488 e. The maximum absolute atomic E-state index is 15.1. The first-order valence-corrected chi connectivity index (χ1v) is 10.9. The Hall–Kier alpha value is -4.15. The van der Waals surface area contributed by atoms with Gasteiger partial charge in [0.05, 0.1) is 18.0 Å². The minimum absolute atomic E-state index is 0.00589. The third-order valence-corrected chi connectivity index (χ3v) is 5.18. The number of aromatic nitrogens is 3. The van der Waals surface area contributed by atoms with Crippen molar-refractivity contribution in [1.82, 2.24) is 14.4 Å². The van der Waals surface area contributed by atoms with E-state index >= 15 is 4.39 Å². The predicted molar refractivity (Wildman–Crippen MR) is 122 cm³/mol. The fourth-order valence-electron chi connectivity index (χ4n) is 3.77. The molecule has 1 aliphatic rings. The van der Waals surface area contributed by atoms with Crippen LogP contribution < -0.4 is 24.3 Å². The Balaban J connectivity index is 1.68. The number of rotatable bonds is 9. The SMILES string of the molecule is FCCOc1cncc(F)c1-c1nc2cccc(OCCF)n2c1Nc1ccc2c(c1)OCCO2. The van der Waals surface area contributed by atoms with Crippen LogP contribution in [0.25, 0.3) is 16.9 Å². The number of benzene rings is 1. The third kappa shape index (κ3) is 4.48. The van der Waals surface area contributed by atoms with Gasteiger partial charge >= 0.3 is 0 Å². The fraction of sp³-hybridized carbons (Fsp3) is 0.250. The van der Waals surface area contributed by atoms with Gasteiger partial charge in [-0.2, -0.15) is 0 Å². The minimum atomic E-state index is -0.759. The van der Waals surface area contributed by atoms with Crippen molar-refractivity contribution in [1.29, 1.82) is 0 Å². The molecule has 182 valence electrons. The van der Waals surface area contributed by atoms with E-state index in [1.54, 1.807) is 40.8 Å². The summed E-state index contributed by atoms with van der Waals surface area (Å²) in [6, 6.07) is 10.3. The van der Waals surface area contributed by atoms with Crippen LogP contribution in [-0.2, 0) is 0 Å². The lowest BCUT2D eigenvalue weighted by Gasteiger charge is -2.19. The molecule has 8 nitrogen and oxygen atoms in total. The lowest BCUT2D eigenvalue weighted by molar-refractivity contribution is 0.171. The number of alkyl halides is 2. The van der Waals surface area contributed by atoms with E-state index in [0.717, 1.165) is 6.20 Å². The van der Waals surface area contributed by atoms with E-state index in [0.29, 0.717) is 47.7 Å². The Morgan fingerprint density at radius 3 is 2.60 bits per heavy atom. The van der Waals surface area contributed by atoms with Crippen molar-refractivity contribution in [2.75, 3.05) is 45.1 Å². The molecule has 0 unspecified atom stereocenters. The number of pyridine rings is 2. The molecule has 0 fully saturated rings. The van der Waals surface area contributed by atoms with Gasteiger partial charge in [-0.1, -0.05) is 6.07 Å². The fourth-order valence-corrected chi connectivity index (χ4v) is 3.77. The Kier molecular flexibility index (Phi) is 6.47. The molecule has 1 N–H and O–H groups in total. The van der Waals surface area contributed by atoms with Gasteiger partial charge in [-0.15, -0.1) is 0 Å². The summed E-state index contributed by atoms with van der Waals surface area (Å²) in [5.74, 6) is 1.09. The van der Waals surface area contributed by atoms with Crippen molar-refractivity contribution in [2.24, 2.45) is 0 Å². The molecule has 0 saturated heterocycles. The highest BCUT2D eigenvalue weighted by atomic mass is 19.1. The molecule has 0 radical (unpaired) electrons. The Labute approximate surface area is 198 Å². The molecule has 4 heterocycles. The summed E-state index contributed by atoms with van der Waals surface area (Å²) in [6.07, 6.45) is 2.32. The van der Waals surface area contributed by atoms with Crippen LogP contribution in [0, 0.1) is 5.82 Å². The van der Waals surface area contributed by atoms with Crippen molar-refractivity contribution >= 4 is 17.2 Å². The van der Waals surface area contributed by atoms with Gasteiger partial charge in [0.15, 0.2) is 17.3 Å². The third-order valence-electron chi connectivity index (χ3n) is 5.18. The van der Waals surface area contributed by atoms with Crippen LogP contribution in [0.2, 0.25) is 0 Å². The molecule has 0 spiro atoms. The number of imidazole rings is 1. The van der Waals surface area contributed by atoms with Gasteiger partial charge in [-0.05, 0) is 24.3 Å². The second kappa shape index (κ2) is 10.00. The van der Waals surface area contributed by atoms with Crippen LogP contribution in [-0.4, -0.2) is 54.1 Å². The summed E-state index contributed by atoms with van der Waals surface area (Å²) in [5, 5.41) is 3.25. The van der Waals surface area contributed by atoms with Gasteiger partial charge in [-0.25, -0.2) is 22.6 Å². The number of hydrogen-bond donors (Lipinski definition) is 1. The molecule has 0 saturated carbocycles. The topological polar surface area (TPSA) is 79.1 Å². The molecule has 3 aromatic heterocycles. The zero-order valence-corrected chi connectivity index (χ0v) is 18.5. The van der Waals surface area contributed by atoms with Crippen molar-refractivity contribution in [3.63, 3.8) is 0 Å². The summed E-state index contributed by atoms with van der Waals surface area (Å²) in [4.78, 5) is 8.42. The van der Waals surface area contributed by atoms with E-state index in [1.807, 2.05) is 0 Å². The zero-order chi connectivity index (χ0) is 24.2. The quantitative estimate of drug-likeness (QED) is 0.366. The lowest BCUT2D eigenvalue weighted by atomic mass is 10.1. The van der Waals surface area contributed by atoms with Crippen LogP contribution in [0.5, 0.6) is 23.1 Å². The second-order valence-corrected chi connectivity index (χ2v) is 7.42. The number of hydrogen-bond acceptors (Lipinski definition) is 7. The highest BCUT2D eigenvalue weighted by Crippen LogP contribution is 2.41. The summed E-state index contributed by atoms with van der Waals surface area (Å²) in [6.45, 7) is -1.04. The second-order valence-electron chi connectivity index (χ2n) is 7.42. The zero-order valence-electron chi connectivity index (χ0n) is 18.5. The summed E-state index contributed by atoms with van der Waals surface area (Å²) < 4.78 is 64.7. The first kappa shape index (κ1) is 22.6. The smallest absolute Gasteiger partial charge is 0.201 e. The number of fused-ring (bicyclic) bond motifs is 2. The minimum Gasteiger partial charge on any atom is -0.488 e. The van der Waals surface area contributed by atoms with Crippen molar-refractivity contribution < 1.29 is 32.1 Å². The first-order chi connectivity index (χ1) is 17.2. The number of nitrogens with one attached hydrogen (secondary N) is 1. The average Bonchev–Trinajstić information content (AvgIpc) is 3.24. The van der Waals surface area contributed by atoms with Gasteiger partial charge in [0, 0.05) is 11.8 Å². The molecule has 0 amide bonds. The summed E-state index contributed by atoms with van der Waals surface area (Å²) >= 11 is 0. The van der Waals surface area contributed by atoms with Crippen LogP contribution in [0.4, 0.5) is 24.7 Å². The van der Waals surface area contributed by atoms with Crippen LogP contribution in [0.3, 0.4) is 0 Å². The number of anilines is 2. The van der Waals surface area contributed by atoms with Gasteiger partial charge in [-0.3, -0.25) is 4.98 Å². The Morgan fingerprint density at radius 2 is 1.77 bits per heavy atom. The maximum atomic E-state index is 15.1. The lowest BCUT2D eigenvalue weighted by Crippen LogP contribution is -2.15. The average molecular weight is 486 g/mol. The van der Waals surface area contributed by atoms with Crippen LogP contribution in [0.1, 0.15) is 0 Å². The standard InChI is InChI=1S/C24H21F3N4O4/c25-6-8-32-19-14-28-13-16(27)22(19)23-24(29-15-4-5-17-18(12-15)34-11-10-33-17)31-20(30-23)2-1-3-21(31)35-9-7-26/h1-5,12-14,29H,6-11H2. The molecule has 11 heteroatoms. The molecule has 0 atom stereocenters. The van der Waals surface area contributed by atoms with E-state index in [2.05, 4.69) is 15.3 Å². The Morgan fingerprint density at radius 1 is 0.971 bits per heavy atom. The van der Waals surface area contributed by atoms with Gasteiger partial charge in [0.1, 0.15) is 62.7 Å². The number of nitrogens with zero attached hydrogens (tertiary/aromatic N) is 3. The Bertz CT molecular complexity index is 1350. The molecule has 5 rings (SSSR count). The van der Waals surface area contributed by atoms with Crippen LogP contribution >= 0.6 is 0 Å². The molecule has 0 aliphatic carbocycles. The van der Waals surface area contributed by atoms with Crippen LogP contribution in [0.15, 0.2) is 48.8 Å². The first-order valence-electron chi connectivity index (χ1n) is 10.9. The molecule has 1 aromatic carbocycles. The number of halogens is 3. The van der Waals surface area contributed by atoms with Crippen molar-refractivity contribution in [2.45, 2.75) is 0 Å². The summed E-state index contributed by atoms with van der Waals surface area (Å²) in [7, 11) is 0. The molecule has 0 bridgehead atoms. The van der Waals surface area contributed by atoms with E-state index in [1.165, 1.54) is 6.20 Å². The van der Waals surface area contributed by atoms with Crippen molar-refractivity contribution in [3.8, 4) is 34.4 Å². The molecular formula is C24H21F3N4O4. The van der Waals surface area contributed by atoms with Crippen molar-refractivity contribution in [3.05, 3.63) is 54.6 Å². The molecule has 35 heavy (non-hydrogen) atoms. The van der Waals surface area contributed by atoms with Gasteiger partial charge < -0.3 is 24.3 Å². The summed E-state index contributed by atoms with van der Waals surface area (Å²) in [5.41, 5.74) is 1.17. The molecule has 1 aliphatic heterocycles. The number of ether oxygens (including phenoxy) is 4. The van der Waals surface area contributed by atoms with E-state index in [-0.39, 0.29) is 30.2 Å².